The van der Waals surface area contributed by atoms with Crippen molar-refractivity contribution in [2.24, 2.45) is 0 Å². The lowest BCUT2D eigenvalue weighted by molar-refractivity contribution is 0.373. The largest absolute Gasteiger partial charge is 0.504 e. The molecule has 0 fully saturated rings. The first-order valence-electron chi connectivity index (χ1n) is 5.83. The fourth-order valence-electron chi connectivity index (χ4n) is 1.81. The Bertz CT molecular complexity index is 503. The molecular formula is C15H17NO2. The number of ether oxygens (including phenoxy) is 1. The minimum Gasteiger partial charge on any atom is -0.504 e. The van der Waals surface area contributed by atoms with E-state index in [-0.39, 0.29) is 11.8 Å². The number of allylic oxidation sites excluding steroid dienone is 2. The summed E-state index contributed by atoms with van der Waals surface area (Å²) in [4.78, 5) is 2.12. The van der Waals surface area contributed by atoms with Crippen LogP contribution in [0.4, 0.5) is 0 Å². The summed E-state index contributed by atoms with van der Waals surface area (Å²) in [5, 5.41) is 9.52. The lowest BCUT2D eigenvalue weighted by atomic mass is 10.1. The monoisotopic (exact) mass is 243 g/mol. The molecule has 94 valence electrons. The smallest absolute Gasteiger partial charge is 0.161 e. The van der Waals surface area contributed by atoms with Crippen LogP contribution in [-0.2, 0) is 0 Å². The zero-order valence-electron chi connectivity index (χ0n) is 10.6. The van der Waals surface area contributed by atoms with E-state index in [9.17, 15) is 5.11 Å². The summed E-state index contributed by atoms with van der Waals surface area (Å²) in [5.41, 5.74) is 1.00. The molecule has 0 saturated carbocycles. The van der Waals surface area contributed by atoms with E-state index in [1.165, 1.54) is 0 Å². The zero-order valence-corrected chi connectivity index (χ0v) is 10.6. The summed E-state index contributed by atoms with van der Waals surface area (Å²) in [6, 6.07) is 5.57. The predicted molar refractivity (Wildman–Crippen MR) is 73.5 cm³/mol. The van der Waals surface area contributed by atoms with Crippen LogP contribution in [0.5, 0.6) is 11.5 Å². The number of hydrogen-bond acceptors (Lipinski definition) is 3. The molecule has 1 unspecified atom stereocenters. The van der Waals surface area contributed by atoms with E-state index in [0.29, 0.717) is 5.75 Å². The molecule has 1 aromatic rings. The number of likely N-dealkylation sites (N-methyl/N-ethyl adjacent to an activating group) is 1. The van der Waals surface area contributed by atoms with Crippen molar-refractivity contribution >= 4 is 6.08 Å². The van der Waals surface area contributed by atoms with Crippen LogP contribution in [0.15, 0.2) is 48.7 Å². The van der Waals surface area contributed by atoms with Crippen molar-refractivity contribution in [3.63, 3.8) is 0 Å². The molecule has 3 nitrogen and oxygen atoms in total. The van der Waals surface area contributed by atoms with Gasteiger partial charge in [-0.3, -0.25) is 0 Å². The third-order valence-corrected chi connectivity index (χ3v) is 2.90. The second-order valence-electron chi connectivity index (χ2n) is 4.17. The molecule has 0 saturated heterocycles. The number of phenols is 1. The maximum absolute atomic E-state index is 9.52. The van der Waals surface area contributed by atoms with Gasteiger partial charge in [-0.05, 0) is 30.0 Å². The lowest BCUT2D eigenvalue weighted by Gasteiger charge is -2.23. The molecule has 1 atom stereocenters. The summed E-state index contributed by atoms with van der Waals surface area (Å²) >= 11 is 0. The van der Waals surface area contributed by atoms with Crippen molar-refractivity contribution in [2.75, 3.05) is 14.2 Å². The Balaban J connectivity index is 2.14. The highest BCUT2D eigenvalue weighted by atomic mass is 16.5. The van der Waals surface area contributed by atoms with Gasteiger partial charge in [0.15, 0.2) is 11.5 Å². The van der Waals surface area contributed by atoms with Crippen LogP contribution in [-0.4, -0.2) is 30.2 Å². The molecule has 1 N–H and O–H groups in total. The number of nitrogens with zero attached hydrogens (tertiary/aromatic N) is 1. The molecule has 1 heterocycles. The Kier molecular flexibility index (Phi) is 3.72. The van der Waals surface area contributed by atoms with Crippen molar-refractivity contribution in [2.45, 2.75) is 6.04 Å². The fourth-order valence-corrected chi connectivity index (χ4v) is 1.81. The van der Waals surface area contributed by atoms with Crippen LogP contribution in [0.25, 0.3) is 6.08 Å². The molecule has 1 aliphatic rings. The molecule has 0 spiro atoms. The minimum atomic E-state index is 0.160. The highest BCUT2D eigenvalue weighted by Gasteiger charge is 2.06. The van der Waals surface area contributed by atoms with Crippen LogP contribution in [0.2, 0.25) is 0 Å². The number of aromatic hydroxyl groups is 1. The Labute approximate surface area is 107 Å². The van der Waals surface area contributed by atoms with Crippen LogP contribution < -0.4 is 4.74 Å². The van der Waals surface area contributed by atoms with E-state index in [0.717, 1.165) is 5.56 Å². The van der Waals surface area contributed by atoms with Crippen molar-refractivity contribution in [3.8, 4) is 11.5 Å². The molecule has 0 amide bonds. The summed E-state index contributed by atoms with van der Waals surface area (Å²) in [6.45, 7) is 0. The zero-order chi connectivity index (χ0) is 13.0. The van der Waals surface area contributed by atoms with Gasteiger partial charge in [0, 0.05) is 7.05 Å². The standard InChI is InChI=1S/C15H17NO2/c1-16-10-4-3-5-13(16)8-6-12-7-9-14(17)15(11-12)18-2/h3-11,13,17H,1-2H3/b8-6+. The first-order chi connectivity index (χ1) is 8.70. The van der Waals surface area contributed by atoms with Crippen LogP contribution in [0.3, 0.4) is 0 Å². The van der Waals surface area contributed by atoms with Crippen molar-refractivity contribution in [3.05, 3.63) is 54.3 Å². The molecule has 0 bridgehead atoms. The third kappa shape index (κ3) is 2.74. The van der Waals surface area contributed by atoms with Gasteiger partial charge >= 0.3 is 0 Å². The quantitative estimate of drug-likeness (QED) is 0.886. The van der Waals surface area contributed by atoms with Gasteiger partial charge in [-0.2, -0.15) is 0 Å². The van der Waals surface area contributed by atoms with E-state index in [4.69, 9.17) is 4.74 Å². The number of rotatable bonds is 3. The molecule has 3 heteroatoms. The minimum absolute atomic E-state index is 0.160. The van der Waals surface area contributed by atoms with Crippen LogP contribution in [0.1, 0.15) is 5.56 Å². The highest BCUT2D eigenvalue weighted by molar-refractivity contribution is 5.56. The van der Waals surface area contributed by atoms with Gasteiger partial charge in [-0.1, -0.05) is 30.4 Å². The van der Waals surface area contributed by atoms with Gasteiger partial charge in [0.1, 0.15) is 0 Å². The SMILES string of the molecule is COc1cc(/C=C/C2C=CC=CN2C)ccc1O. The Morgan fingerprint density at radius 1 is 1.33 bits per heavy atom. The molecule has 2 rings (SSSR count). The average Bonchev–Trinajstić information content (AvgIpc) is 2.39. The number of hydrogen-bond donors (Lipinski definition) is 1. The lowest BCUT2D eigenvalue weighted by Crippen LogP contribution is -2.24. The molecule has 0 aromatic heterocycles. The summed E-state index contributed by atoms with van der Waals surface area (Å²) in [6.07, 6.45) is 12.3. The van der Waals surface area contributed by atoms with E-state index in [1.54, 1.807) is 13.2 Å². The first-order valence-corrected chi connectivity index (χ1v) is 5.83. The summed E-state index contributed by atoms with van der Waals surface area (Å²) < 4.78 is 5.08. The normalized spacial score (nSPS) is 18.6. The maximum Gasteiger partial charge on any atom is 0.161 e. The summed E-state index contributed by atoms with van der Waals surface area (Å²) in [7, 11) is 3.58. The van der Waals surface area contributed by atoms with Gasteiger partial charge < -0.3 is 14.7 Å². The van der Waals surface area contributed by atoms with Gasteiger partial charge in [-0.25, -0.2) is 0 Å². The molecule has 1 aliphatic heterocycles. The predicted octanol–water partition coefficient (Wildman–Crippen LogP) is 2.80. The highest BCUT2D eigenvalue weighted by Crippen LogP contribution is 2.26. The number of methoxy groups -OCH3 is 1. The van der Waals surface area contributed by atoms with E-state index in [2.05, 4.69) is 17.1 Å². The first kappa shape index (κ1) is 12.3. The van der Waals surface area contributed by atoms with Crippen LogP contribution in [0, 0.1) is 0 Å². The van der Waals surface area contributed by atoms with Crippen molar-refractivity contribution in [1.82, 2.24) is 4.90 Å². The van der Waals surface area contributed by atoms with E-state index < -0.39 is 0 Å². The van der Waals surface area contributed by atoms with Gasteiger partial charge in [0.2, 0.25) is 0 Å². The molecule has 0 aliphatic carbocycles. The number of benzene rings is 1. The summed E-state index contributed by atoms with van der Waals surface area (Å²) in [5.74, 6) is 0.650. The van der Waals surface area contributed by atoms with Gasteiger partial charge in [0.25, 0.3) is 0 Å². The maximum atomic E-state index is 9.52. The van der Waals surface area contributed by atoms with Gasteiger partial charge in [0.05, 0.1) is 13.2 Å². The van der Waals surface area contributed by atoms with Crippen molar-refractivity contribution < 1.29 is 9.84 Å². The van der Waals surface area contributed by atoms with Gasteiger partial charge in [-0.15, -0.1) is 0 Å². The van der Waals surface area contributed by atoms with Crippen LogP contribution >= 0.6 is 0 Å². The fraction of sp³-hybridized carbons (Fsp3) is 0.200. The van der Waals surface area contributed by atoms with E-state index >= 15 is 0 Å². The van der Waals surface area contributed by atoms with E-state index in [1.807, 2.05) is 43.6 Å². The second kappa shape index (κ2) is 5.45. The Morgan fingerprint density at radius 2 is 2.17 bits per heavy atom. The Morgan fingerprint density at radius 3 is 2.89 bits per heavy atom. The Hall–Kier alpha value is -2.16. The molecular weight excluding hydrogens is 226 g/mol. The topological polar surface area (TPSA) is 32.7 Å². The molecule has 18 heavy (non-hydrogen) atoms. The second-order valence-corrected chi connectivity index (χ2v) is 4.17. The van der Waals surface area contributed by atoms with Crippen molar-refractivity contribution in [1.29, 1.82) is 0 Å². The number of phenolic OH excluding ortho intramolecular Hbond substituents is 1. The third-order valence-electron chi connectivity index (χ3n) is 2.90. The average molecular weight is 243 g/mol. The molecule has 1 aromatic carbocycles. The molecule has 0 radical (unpaired) electrons.